The van der Waals surface area contributed by atoms with Crippen LogP contribution in [0.5, 0.6) is 11.5 Å². The highest BCUT2D eigenvalue weighted by atomic mass is 16.5. The van der Waals surface area contributed by atoms with E-state index in [9.17, 15) is 0 Å². The highest BCUT2D eigenvalue weighted by molar-refractivity contribution is 5.64. The van der Waals surface area contributed by atoms with E-state index in [1.165, 1.54) is 5.56 Å². The molecule has 0 radical (unpaired) electrons. The molecule has 0 heterocycles. The Bertz CT molecular complexity index is 943. The number of nitrogens with zero attached hydrogens (tertiary/aromatic N) is 2. The third-order valence-corrected chi connectivity index (χ3v) is 3.71. The van der Waals surface area contributed by atoms with Crippen molar-refractivity contribution in [1.82, 2.24) is 0 Å². The fourth-order valence-electron chi connectivity index (χ4n) is 2.37. The van der Waals surface area contributed by atoms with Gasteiger partial charge in [0.15, 0.2) is 0 Å². The molecule has 0 aliphatic rings. The van der Waals surface area contributed by atoms with Crippen LogP contribution in [0.15, 0.2) is 66.7 Å². The average Bonchev–Trinajstić information content (AvgIpc) is 2.63. The Balaban J connectivity index is 1.81. The van der Waals surface area contributed by atoms with Gasteiger partial charge in [0.1, 0.15) is 23.6 Å². The Morgan fingerprint density at radius 1 is 0.667 bits per heavy atom. The lowest BCUT2D eigenvalue weighted by Gasteiger charge is -2.08. The summed E-state index contributed by atoms with van der Waals surface area (Å²) < 4.78 is 5.77. The smallest absolute Gasteiger partial charge is 0.128 e. The number of hydrogen-bond acceptors (Lipinski definition) is 3. The van der Waals surface area contributed by atoms with Crippen LogP contribution in [0.1, 0.15) is 16.7 Å². The normalized spacial score (nSPS) is 9.79. The number of nitriles is 2. The van der Waals surface area contributed by atoms with Crippen molar-refractivity contribution >= 4 is 0 Å². The van der Waals surface area contributed by atoms with E-state index in [0.29, 0.717) is 22.6 Å². The fourth-order valence-corrected chi connectivity index (χ4v) is 2.37. The van der Waals surface area contributed by atoms with Gasteiger partial charge in [-0.3, -0.25) is 0 Å². The summed E-state index contributed by atoms with van der Waals surface area (Å²) in [5, 5.41) is 18.0. The summed E-state index contributed by atoms with van der Waals surface area (Å²) in [6.07, 6.45) is 0. The Morgan fingerprint density at radius 2 is 1.21 bits per heavy atom. The second-order valence-corrected chi connectivity index (χ2v) is 5.42. The van der Waals surface area contributed by atoms with Gasteiger partial charge in [0.25, 0.3) is 0 Å². The van der Waals surface area contributed by atoms with Crippen molar-refractivity contribution in [2.75, 3.05) is 0 Å². The Kier molecular flexibility index (Phi) is 4.27. The van der Waals surface area contributed by atoms with Gasteiger partial charge in [-0.25, -0.2) is 0 Å². The molecular weight excluding hydrogens is 296 g/mol. The minimum absolute atomic E-state index is 0.311. The lowest BCUT2D eigenvalue weighted by Crippen LogP contribution is -1.88. The van der Waals surface area contributed by atoms with Crippen LogP contribution in [-0.4, -0.2) is 0 Å². The Labute approximate surface area is 141 Å². The van der Waals surface area contributed by atoms with Gasteiger partial charge in [0.2, 0.25) is 0 Å². The highest BCUT2D eigenvalue weighted by Gasteiger charge is 2.05. The molecule has 3 rings (SSSR count). The lowest BCUT2D eigenvalue weighted by atomic mass is 10.0. The van der Waals surface area contributed by atoms with E-state index in [-0.39, 0.29) is 0 Å². The fraction of sp³-hybridized carbons (Fsp3) is 0.0476. The standard InChI is InChI=1S/C21H14N2O/c1-15-2-4-16(5-3-15)17-6-9-20(10-7-17)24-21-11-8-18(13-22)19(12-21)14-23/h2-12H,1H3. The van der Waals surface area contributed by atoms with Crippen molar-refractivity contribution in [2.45, 2.75) is 6.92 Å². The zero-order chi connectivity index (χ0) is 16.9. The van der Waals surface area contributed by atoms with Gasteiger partial charge in [-0.15, -0.1) is 0 Å². The summed E-state index contributed by atoms with van der Waals surface area (Å²) >= 11 is 0. The van der Waals surface area contributed by atoms with Gasteiger partial charge in [-0.1, -0.05) is 42.0 Å². The van der Waals surface area contributed by atoms with Gasteiger partial charge in [-0.2, -0.15) is 10.5 Å². The van der Waals surface area contributed by atoms with Crippen molar-refractivity contribution in [3.05, 3.63) is 83.4 Å². The van der Waals surface area contributed by atoms with Crippen molar-refractivity contribution in [3.63, 3.8) is 0 Å². The second-order valence-electron chi connectivity index (χ2n) is 5.42. The molecule has 24 heavy (non-hydrogen) atoms. The van der Waals surface area contributed by atoms with Crippen LogP contribution in [0.25, 0.3) is 11.1 Å². The molecule has 0 aliphatic heterocycles. The molecule has 0 saturated heterocycles. The van der Waals surface area contributed by atoms with E-state index in [0.717, 1.165) is 11.1 Å². The largest absolute Gasteiger partial charge is 0.457 e. The van der Waals surface area contributed by atoms with E-state index in [2.05, 4.69) is 31.2 Å². The van der Waals surface area contributed by atoms with Crippen LogP contribution >= 0.6 is 0 Å². The monoisotopic (exact) mass is 310 g/mol. The summed E-state index contributed by atoms with van der Waals surface area (Å²) in [6, 6.07) is 25.0. The van der Waals surface area contributed by atoms with Crippen LogP contribution in [-0.2, 0) is 0 Å². The minimum Gasteiger partial charge on any atom is -0.457 e. The molecular formula is C21H14N2O. The predicted molar refractivity (Wildman–Crippen MR) is 92.6 cm³/mol. The van der Waals surface area contributed by atoms with Crippen molar-refractivity contribution in [1.29, 1.82) is 10.5 Å². The van der Waals surface area contributed by atoms with Crippen molar-refractivity contribution in [3.8, 4) is 34.8 Å². The summed E-state index contributed by atoms with van der Waals surface area (Å²) in [4.78, 5) is 0. The number of rotatable bonds is 3. The highest BCUT2D eigenvalue weighted by Crippen LogP contribution is 2.27. The molecule has 0 spiro atoms. The molecule has 0 aliphatic carbocycles. The molecule has 0 aromatic heterocycles. The SMILES string of the molecule is Cc1ccc(-c2ccc(Oc3ccc(C#N)c(C#N)c3)cc2)cc1. The summed E-state index contributed by atoms with van der Waals surface area (Å²) in [5.41, 5.74) is 4.15. The maximum Gasteiger partial charge on any atom is 0.128 e. The Hall–Kier alpha value is -3.56. The molecule has 3 heteroatoms. The quantitative estimate of drug-likeness (QED) is 0.668. The maximum absolute atomic E-state index is 9.07. The van der Waals surface area contributed by atoms with Crippen LogP contribution in [0.4, 0.5) is 0 Å². The van der Waals surface area contributed by atoms with Crippen molar-refractivity contribution in [2.24, 2.45) is 0 Å². The predicted octanol–water partition coefficient (Wildman–Crippen LogP) is 5.20. The topological polar surface area (TPSA) is 56.8 Å². The maximum atomic E-state index is 9.07. The summed E-state index contributed by atoms with van der Waals surface area (Å²) in [6.45, 7) is 2.06. The van der Waals surface area contributed by atoms with E-state index < -0.39 is 0 Å². The van der Waals surface area contributed by atoms with Crippen LogP contribution in [0.2, 0.25) is 0 Å². The lowest BCUT2D eigenvalue weighted by molar-refractivity contribution is 0.482. The molecule has 3 aromatic rings. The third-order valence-electron chi connectivity index (χ3n) is 3.71. The third kappa shape index (κ3) is 3.27. The molecule has 0 unspecified atom stereocenters. The zero-order valence-electron chi connectivity index (χ0n) is 13.2. The van der Waals surface area contributed by atoms with E-state index >= 15 is 0 Å². The first-order chi connectivity index (χ1) is 11.7. The molecule has 0 N–H and O–H groups in total. The molecule has 114 valence electrons. The second kappa shape index (κ2) is 6.69. The molecule has 0 saturated carbocycles. The molecule has 3 aromatic carbocycles. The zero-order valence-corrected chi connectivity index (χ0v) is 13.2. The number of benzene rings is 3. The van der Waals surface area contributed by atoms with E-state index in [4.69, 9.17) is 15.3 Å². The first kappa shape index (κ1) is 15.3. The minimum atomic E-state index is 0.311. The molecule has 0 atom stereocenters. The van der Waals surface area contributed by atoms with Crippen LogP contribution < -0.4 is 4.74 Å². The summed E-state index contributed by atoms with van der Waals surface area (Å²) in [5.74, 6) is 1.22. The van der Waals surface area contributed by atoms with Gasteiger partial charge >= 0.3 is 0 Å². The van der Waals surface area contributed by atoms with Gasteiger partial charge < -0.3 is 4.74 Å². The van der Waals surface area contributed by atoms with Crippen molar-refractivity contribution < 1.29 is 4.74 Å². The van der Waals surface area contributed by atoms with E-state index in [1.54, 1.807) is 18.2 Å². The van der Waals surface area contributed by atoms with Gasteiger partial charge in [-0.05, 0) is 48.4 Å². The number of hydrogen-bond donors (Lipinski definition) is 0. The van der Waals surface area contributed by atoms with Crippen LogP contribution in [0, 0.1) is 29.6 Å². The first-order valence-electron chi connectivity index (χ1n) is 7.49. The molecule has 0 fully saturated rings. The molecule has 0 bridgehead atoms. The summed E-state index contributed by atoms with van der Waals surface area (Å²) in [7, 11) is 0. The molecule has 0 amide bonds. The Morgan fingerprint density at radius 3 is 1.79 bits per heavy atom. The molecule has 3 nitrogen and oxygen atoms in total. The van der Waals surface area contributed by atoms with E-state index in [1.807, 2.05) is 36.4 Å². The van der Waals surface area contributed by atoms with Crippen LogP contribution in [0.3, 0.4) is 0 Å². The van der Waals surface area contributed by atoms with Gasteiger partial charge in [0, 0.05) is 0 Å². The number of aryl methyl sites for hydroxylation is 1. The van der Waals surface area contributed by atoms with Gasteiger partial charge in [0.05, 0.1) is 11.1 Å². The first-order valence-corrected chi connectivity index (χ1v) is 7.49. The number of ether oxygens (including phenoxy) is 1. The average molecular weight is 310 g/mol.